The van der Waals surface area contributed by atoms with Crippen LogP contribution in [0.5, 0.6) is 5.75 Å². The van der Waals surface area contributed by atoms with Gasteiger partial charge in [-0.2, -0.15) is 0 Å². The van der Waals surface area contributed by atoms with Crippen molar-refractivity contribution in [3.8, 4) is 5.75 Å². The first-order valence-corrected chi connectivity index (χ1v) is 8.03. The van der Waals surface area contributed by atoms with Gasteiger partial charge in [0.1, 0.15) is 11.6 Å². The second-order valence-electron chi connectivity index (χ2n) is 6.80. The summed E-state index contributed by atoms with van der Waals surface area (Å²) in [6, 6.07) is 12.3. The first-order valence-electron chi connectivity index (χ1n) is 8.03. The lowest BCUT2D eigenvalue weighted by atomic mass is 9.87. The van der Waals surface area contributed by atoms with E-state index in [0.29, 0.717) is 23.4 Å². The summed E-state index contributed by atoms with van der Waals surface area (Å²) in [6.45, 7) is 6.33. The number of anilines is 1. The number of methoxy groups -OCH3 is 1. The van der Waals surface area contributed by atoms with Crippen molar-refractivity contribution in [2.24, 2.45) is 0 Å². The molecule has 0 aliphatic rings. The Balaban J connectivity index is 2.09. The number of rotatable bonds is 5. The molecule has 2 rings (SSSR count). The second-order valence-corrected chi connectivity index (χ2v) is 6.80. The summed E-state index contributed by atoms with van der Waals surface area (Å²) in [4.78, 5) is 12.2. The van der Waals surface area contributed by atoms with E-state index in [1.807, 2.05) is 18.2 Å². The third kappa shape index (κ3) is 4.57. The molecule has 0 unspecified atom stereocenters. The molecule has 0 aliphatic carbocycles. The summed E-state index contributed by atoms with van der Waals surface area (Å²) < 4.78 is 18.9. The van der Waals surface area contributed by atoms with Crippen LogP contribution in [0, 0.1) is 5.82 Å². The molecule has 0 atom stereocenters. The van der Waals surface area contributed by atoms with Crippen LogP contribution in [0.3, 0.4) is 0 Å². The van der Waals surface area contributed by atoms with Gasteiger partial charge in [-0.1, -0.05) is 45.0 Å². The molecule has 24 heavy (non-hydrogen) atoms. The predicted molar refractivity (Wildman–Crippen MR) is 95.0 cm³/mol. The lowest BCUT2D eigenvalue weighted by molar-refractivity contribution is -0.116. The van der Waals surface area contributed by atoms with Crippen molar-refractivity contribution < 1.29 is 13.9 Å². The van der Waals surface area contributed by atoms with Gasteiger partial charge < -0.3 is 10.1 Å². The monoisotopic (exact) mass is 329 g/mol. The van der Waals surface area contributed by atoms with E-state index in [0.717, 1.165) is 5.56 Å². The smallest absolute Gasteiger partial charge is 0.224 e. The van der Waals surface area contributed by atoms with Crippen molar-refractivity contribution >= 4 is 11.6 Å². The third-order valence-corrected chi connectivity index (χ3v) is 3.92. The highest BCUT2D eigenvalue weighted by Gasteiger charge is 2.17. The molecular formula is C20H24FNO2. The van der Waals surface area contributed by atoms with Gasteiger partial charge in [0.25, 0.3) is 0 Å². The minimum absolute atomic E-state index is 0.0289. The normalized spacial score (nSPS) is 11.2. The highest BCUT2D eigenvalue weighted by Crippen LogP contribution is 2.31. The highest BCUT2D eigenvalue weighted by molar-refractivity contribution is 5.92. The fraction of sp³-hybridized carbons (Fsp3) is 0.350. The SMILES string of the molecule is COc1ccc(C(C)(C)C)cc1NC(=O)CCc1ccccc1F. The largest absolute Gasteiger partial charge is 0.495 e. The molecule has 3 nitrogen and oxygen atoms in total. The van der Waals surface area contributed by atoms with Gasteiger partial charge in [0.05, 0.1) is 12.8 Å². The molecule has 1 amide bonds. The zero-order valence-electron chi connectivity index (χ0n) is 14.7. The van der Waals surface area contributed by atoms with Crippen LogP contribution in [0.4, 0.5) is 10.1 Å². The number of aryl methyl sites for hydroxylation is 1. The fourth-order valence-corrected chi connectivity index (χ4v) is 2.43. The first-order chi connectivity index (χ1) is 11.3. The fourth-order valence-electron chi connectivity index (χ4n) is 2.43. The molecule has 0 fully saturated rings. The number of hydrogen-bond donors (Lipinski definition) is 1. The summed E-state index contributed by atoms with van der Waals surface area (Å²) in [5.74, 6) is 0.169. The lowest BCUT2D eigenvalue weighted by Gasteiger charge is -2.21. The summed E-state index contributed by atoms with van der Waals surface area (Å²) in [5, 5.41) is 2.88. The molecule has 0 aliphatic heterocycles. The van der Waals surface area contributed by atoms with Crippen molar-refractivity contribution in [3.05, 3.63) is 59.4 Å². The standard InChI is InChI=1S/C20H24FNO2/c1-20(2,3)15-10-11-18(24-4)17(13-15)22-19(23)12-9-14-7-5-6-8-16(14)21/h5-8,10-11,13H,9,12H2,1-4H3,(H,22,23). The summed E-state index contributed by atoms with van der Waals surface area (Å²) >= 11 is 0. The van der Waals surface area contributed by atoms with Crippen LogP contribution in [0.1, 0.15) is 38.3 Å². The van der Waals surface area contributed by atoms with Gasteiger partial charge in [0.2, 0.25) is 5.91 Å². The Hall–Kier alpha value is -2.36. The average Bonchev–Trinajstić information content (AvgIpc) is 2.53. The van der Waals surface area contributed by atoms with Crippen LogP contribution >= 0.6 is 0 Å². The average molecular weight is 329 g/mol. The predicted octanol–water partition coefficient (Wildman–Crippen LogP) is 4.70. The molecule has 1 N–H and O–H groups in total. The zero-order valence-corrected chi connectivity index (χ0v) is 14.7. The number of carbonyl (C=O) groups excluding carboxylic acids is 1. The Kier molecular flexibility index (Phi) is 5.60. The van der Waals surface area contributed by atoms with E-state index in [4.69, 9.17) is 4.74 Å². The molecule has 0 radical (unpaired) electrons. The molecule has 0 saturated heterocycles. The Morgan fingerprint density at radius 1 is 1.17 bits per heavy atom. The summed E-state index contributed by atoms with van der Waals surface area (Å²) in [6.07, 6.45) is 0.573. The van der Waals surface area contributed by atoms with Crippen molar-refractivity contribution in [3.63, 3.8) is 0 Å². The Labute approximate surface area is 142 Å². The number of hydrogen-bond acceptors (Lipinski definition) is 2. The van der Waals surface area contributed by atoms with E-state index in [2.05, 4.69) is 26.1 Å². The Bertz CT molecular complexity index is 720. The maximum atomic E-state index is 13.6. The number of halogens is 1. The van der Waals surface area contributed by atoms with E-state index < -0.39 is 0 Å². The van der Waals surface area contributed by atoms with Crippen LogP contribution < -0.4 is 10.1 Å². The molecule has 128 valence electrons. The van der Waals surface area contributed by atoms with Gasteiger partial charge >= 0.3 is 0 Å². The molecule has 0 aromatic heterocycles. The van der Waals surface area contributed by atoms with E-state index in [-0.39, 0.29) is 23.6 Å². The molecule has 0 heterocycles. The number of benzene rings is 2. The van der Waals surface area contributed by atoms with Gasteiger partial charge in [-0.05, 0) is 41.2 Å². The van der Waals surface area contributed by atoms with Crippen LogP contribution in [0.25, 0.3) is 0 Å². The Morgan fingerprint density at radius 3 is 2.50 bits per heavy atom. The highest BCUT2D eigenvalue weighted by atomic mass is 19.1. The molecule has 0 spiro atoms. The van der Waals surface area contributed by atoms with Crippen molar-refractivity contribution in [2.45, 2.75) is 39.0 Å². The summed E-state index contributed by atoms with van der Waals surface area (Å²) in [7, 11) is 1.57. The van der Waals surface area contributed by atoms with E-state index in [1.54, 1.807) is 25.3 Å². The van der Waals surface area contributed by atoms with Crippen LogP contribution in [0.2, 0.25) is 0 Å². The van der Waals surface area contributed by atoms with Crippen LogP contribution in [0.15, 0.2) is 42.5 Å². The topological polar surface area (TPSA) is 38.3 Å². The van der Waals surface area contributed by atoms with Crippen LogP contribution in [-0.4, -0.2) is 13.0 Å². The van der Waals surface area contributed by atoms with Crippen molar-refractivity contribution in [2.75, 3.05) is 12.4 Å². The van der Waals surface area contributed by atoms with Gasteiger partial charge in [-0.15, -0.1) is 0 Å². The third-order valence-electron chi connectivity index (χ3n) is 3.92. The van der Waals surface area contributed by atoms with Gasteiger partial charge in [0, 0.05) is 6.42 Å². The second kappa shape index (κ2) is 7.47. The van der Waals surface area contributed by atoms with E-state index in [9.17, 15) is 9.18 Å². The van der Waals surface area contributed by atoms with Gasteiger partial charge in [-0.3, -0.25) is 4.79 Å². The molecule has 2 aromatic carbocycles. The van der Waals surface area contributed by atoms with Crippen molar-refractivity contribution in [1.82, 2.24) is 0 Å². The number of amides is 1. The van der Waals surface area contributed by atoms with E-state index >= 15 is 0 Å². The maximum absolute atomic E-state index is 13.6. The minimum atomic E-state index is -0.280. The number of carbonyl (C=O) groups is 1. The lowest BCUT2D eigenvalue weighted by Crippen LogP contribution is -2.16. The quantitative estimate of drug-likeness (QED) is 0.863. The number of ether oxygens (including phenoxy) is 1. The summed E-state index contributed by atoms with van der Waals surface area (Å²) in [5.41, 5.74) is 2.26. The van der Waals surface area contributed by atoms with Gasteiger partial charge in [0.15, 0.2) is 0 Å². The molecule has 0 saturated carbocycles. The zero-order chi connectivity index (χ0) is 17.7. The van der Waals surface area contributed by atoms with Crippen molar-refractivity contribution in [1.29, 1.82) is 0 Å². The van der Waals surface area contributed by atoms with E-state index in [1.165, 1.54) is 6.07 Å². The van der Waals surface area contributed by atoms with Crippen LogP contribution in [-0.2, 0) is 16.6 Å². The molecular weight excluding hydrogens is 305 g/mol. The molecule has 0 bridgehead atoms. The number of nitrogens with one attached hydrogen (secondary N) is 1. The minimum Gasteiger partial charge on any atom is -0.495 e. The van der Waals surface area contributed by atoms with Gasteiger partial charge in [-0.25, -0.2) is 4.39 Å². The molecule has 4 heteroatoms. The first kappa shape index (κ1) is 18.0. The molecule has 2 aromatic rings. The Morgan fingerprint density at radius 2 is 1.88 bits per heavy atom. The maximum Gasteiger partial charge on any atom is 0.224 e.